The number of thiophene rings is 1. The third kappa shape index (κ3) is 0.598. The molecule has 0 aliphatic carbocycles. The fourth-order valence-electron chi connectivity index (χ4n) is 0.990. The largest absolute Gasteiger partial charge is 0.350 e. The average Bonchev–Trinajstić information content (AvgIpc) is 2.35. The number of nitrogens with zero attached hydrogens (tertiary/aromatic N) is 1. The van der Waals surface area contributed by atoms with Gasteiger partial charge in [-0.15, -0.1) is 11.3 Å². The van der Waals surface area contributed by atoms with E-state index in [-0.39, 0.29) is 0 Å². The minimum Gasteiger partial charge on any atom is -0.350 e. The van der Waals surface area contributed by atoms with Crippen LogP contribution in [0.1, 0.15) is 0 Å². The summed E-state index contributed by atoms with van der Waals surface area (Å²) in [6.45, 7) is 0. The van der Waals surface area contributed by atoms with Crippen LogP contribution in [-0.2, 0) is 7.05 Å². The van der Waals surface area contributed by atoms with Gasteiger partial charge >= 0.3 is 0 Å². The molecule has 0 saturated heterocycles. The molecule has 1 nitrogen and oxygen atoms in total. The molecule has 2 aromatic rings. The van der Waals surface area contributed by atoms with Gasteiger partial charge in [0.15, 0.2) is 0 Å². The summed E-state index contributed by atoms with van der Waals surface area (Å²) in [7, 11) is 2.06. The zero-order valence-electron chi connectivity index (χ0n) is 5.16. The first kappa shape index (κ1) is 5.06. The van der Waals surface area contributed by atoms with E-state index >= 15 is 0 Å². The lowest BCUT2D eigenvalue weighted by molar-refractivity contribution is 0.970. The average molecular weight is 137 g/mol. The smallest absolute Gasteiger partial charge is 0.0587 e. The summed E-state index contributed by atoms with van der Waals surface area (Å²) < 4.78 is 3.50. The van der Waals surface area contributed by atoms with E-state index in [1.165, 1.54) is 10.2 Å². The number of hydrogen-bond acceptors (Lipinski definition) is 1. The van der Waals surface area contributed by atoms with Crippen LogP contribution in [0.25, 0.3) is 10.2 Å². The van der Waals surface area contributed by atoms with Crippen LogP contribution in [0.5, 0.6) is 0 Å². The Morgan fingerprint density at radius 3 is 3.11 bits per heavy atom. The van der Waals surface area contributed by atoms with Gasteiger partial charge < -0.3 is 4.57 Å². The van der Waals surface area contributed by atoms with Gasteiger partial charge in [0.1, 0.15) is 0 Å². The van der Waals surface area contributed by atoms with Crippen LogP contribution in [0.15, 0.2) is 23.7 Å². The molecule has 0 atom stereocenters. The van der Waals surface area contributed by atoms with E-state index in [1.807, 2.05) is 0 Å². The van der Waals surface area contributed by atoms with Crippen molar-refractivity contribution in [3.05, 3.63) is 23.7 Å². The minimum atomic E-state index is 1.33. The minimum absolute atomic E-state index is 1.33. The molecule has 9 heavy (non-hydrogen) atoms. The second-order valence-corrected chi connectivity index (χ2v) is 3.04. The number of hydrogen-bond donors (Lipinski definition) is 0. The molecule has 0 N–H and O–H groups in total. The molecule has 0 saturated carbocycles. The summed E-state index contributed by atoms with van der Waals surface area (Å²) in [6, 6.07) is 4.28. The van der Waals surface area contributed by atoms with Crippen molar-refractivity contribution in [3.63, 3.8) is 0 Å². The predicted molar refractivity (Wildman–Crippen MR) is 40.8 cm³/mol. The third-order valence-electron chi connectivity index (χ3n) is 1.50. The van der Waals surface area contributed by atoms with Crippen LogP contribution in [0.4, 0.5) is 0 Å². The highest BCUT2D eigenvalue weighted by Crippen LogP contribution is 2.19. The lowest BCUT2D eigenvalue weighted by Gasteiger charge is -1.86. The van der Waals surface area contributed by atoms with Gasteiger partial charge in [-0.25, -0.2) is 0 Å². The Kier molecular flexibility index (Phi) is 0.904. The fraction of sp³-hybridized carbons (Fsp3) is 0.143. The topological polar surface area (TPSA) is 4.93 Å². The van der Waals surface area contributed by atoms with Crippen molar-refractivity contribution in [1.29, 1.82) is 0 Å². The summed E-state index contributed by atoms with van der Waals surface area (Å²) in [6.07, 6.45) is 2.08. The normalized spacial score (nSPS) is 10.8. The Labute approximate surface area is 57.5 Å². The second-order valence-electron chi connectivity index (χ2n) is 2.10. The van der Waals surface area contributed by atoms with Crippen LogP contribution in [0, 0.1) is 0 Å². The van der Waals surface area contributed by atoms with E-state index in [4.69, 9.17) is 0 Å². The van der Waals surface area contributed by atoms with Gasteiger partial charge in [-0.3, -0.25) is 0 Å². The summed E-state index contributed by atoms with van der Waals surface area (Å²) in [5.74, 6) is 0. The van der Waals surface area contributed by atoms with E-state index in [2.05, 4.69) is 35.3 Å². The molecule has 0 aliphatic rings. The number of aromatic nitrogens is 1. The molecule has 2 rings (SSSR count). The van der Waals surface area contributed by atoms with Gasteiger partial charge in [0.05, 0.1) is 10.2 Å². The van der Waals surface area contributed by atoms with Crippen molar-refractivity contribution in [2.75, 3.05) is 0 Å². The molecule has 2 aromatic heterocycles. The van der Waals surface area contributed by atoms with E-state index in [9.17, 15) is 0 Å². The van der Waals surface area contributed by atoms with E-state index in [0.29, 0.717) is 0 Å². The molecule has 0 bridgehead atoms. The van der Waals surface area contributed by atoms with Crippen LogP contribution in [-0.4, -0.2) is 4.57 Å². The zero-order valence-corrected chi connectivity index (χ0v) is 5.98. The first-order valence-corrected chi connectivity index (χ1v) is 3.74. The number of fused-ring (bicyclic) bond motifs is 1. The maximum absolute atomic E-state index is 2.14. The molecule has 0 unspecified atom stereocenters. The van der Waals surface area contributed by atoms with Crippen LogP contribution in [0.3, 0.4) is 0 Å². The Morgan fingerprint density at radius 1 is 1.44 bits per heavy atom. The fourth-order valence-corrected chi connectivity index (χ4v) is 1.81. The van der Waals surface area contributed by atoms with Gasteiger partial charge in [0.25, 0.3) is 0 Å². The first-order chi connectivity index (χ1) is 4.38. The predicted octanol–water partition coefficient (Wildman–Crippen LogP) is 2.24. The molecule has 0 fully saturated rings. The molecule has 0 aliphatic heterocycles. The molecule has 0 aromatic carbocycles. The Morgan fingerprint density at radius 2 is 2.33 bits per heavy atom. The monoisotopic (exact) mass is 137 g/mol. The molecule has 0 amide bonds. The molecule has 2 heterocycles. The van der Waals surface area contributed by atoms with Gasteiger partial charge in [-0.05, 0) is 17.5 Å². The molecular weight excluding hydrogens is 130 g/mol. The highest BCUT2D eigenvalue weighted by Gasteiger charge is 1.94. The second kappa shape index (κ2) is 1.61. The Balaban J connectivity index is 2.99. The zero-order chi connectivity index (χ0) is 6.27. The van der Waals surface area contributed by atoms with Gasteiger partial charge in [-0.1, -0.05) is 0 Å². The number of rotatable bonds is 0. The van der Waals surface area contributed by atoms with E-state index in [0.717, 1.165) is 0 Å². The molecule has 2 heteroatoms. The quantitative estimate of drug-likeness (QED) is 0.524. The summed E-state index contributed by atoms with van der Waals surface area (Å²) in [4.78, 5) is 0. The SMILES string of the molecule is Cn1ccc2sccc21. The lowest BCUT2D eigenvalue weighted by Crippen LogP contribution is -1.79. The van der Waals surface area contributed by atoms with Crippen molar-refractivity contribution < 1.29 is 0 Å². The van der Waals surface area contributed by atoms with Crippen LogP contribution in [0.2, 0.25) is 0 Å². The van der Waals surface area contributed by atoms with Gasteiger partial charge in [0.2, 0.25) is 0 Å². The van der Waals surface area contributed by atoms with E-state index in [1.54, 1.807) is 11.3 Å². The lowest BCUT2D eigenvalue weighted by atomic mass is 10.5. The van der Waals surface area contributed by atoms with Crippen molar-refractivity contribution >= 4 is 21.6 Å². The van der Waals surface area contributed by atoms with Crippen LogP contribution < -0.4 is 0 Å². The maximum atomic E-state index is 2.14. The first-order valence-electron chi connectivity index (χ1n) is 2.86. The summed E-state index contributed by atoms with van der Waals surface area (Å²) in [5.41, 5.74) is 1.33. The van der Waals surface area contributed by atoms with Crippen molar-refractivity contribution in [3.8, 4) is 0 Å². The summed E-state index contributed by atoms with van der Waals surface area (Å²) >= 11 is 1.79. The molecule has 0 radical (unpaired) electrons. The standard InChI is InChI=1S/C7H7NS/c1-8-4-2-7-6(8)3-5-9-7/h2-5H,1H3. The van der Waals surface area contributed by atoms with Crippen molar-refractivity contribution in [2.45, 2.75) is 0 Å². The van der Waals surface area contributed by atoms with Gasteiger partial charge in [-0.2, -0.15) is 0 Å². The van der Waals surface area contributed by atoms with Gasteiger partial charge in [0, 0.05) is 13.2 Å². The highest BCUT2D eigenvalue weighted by atomic mass is 32.1. The Hall–Kier alpha value is -0.760. The van der Waals surface area contributed by atoms with Crippen LogP contribution >= 0.6 is 11.3 Å². The molecule has 0 spiro atoms. The molecule has 46 valence electrons. The summed E-state index contributed by atoms with van der Waals surface area (Å²) in [5, 5.41) is 2.12. The van der Waals surface area contributed by atoms with E-state index < -0.39 is 0 Å². The third-order valence-corrected chi connectivity index (χ3v) is 2.37. The van der Waals surface area contributed by atoms with Crippen molar-refractivity contribution in [2.24, 2.45) is 7.05 Å². The maximum Gasteiger partial charge on any atom is 0.0587 e. The molecular formula is C7H7NS. The Bertz CT molecular complexity index is 318. The van der Waals surface area contributed by atoms with Crippen molar-refractivity contribution in [1.82, 2.24) is 4.57 Å². The highest BCUT2D eigenvalue weighted by molar-refractivity contribution is 7.17. The number of aryl methyl sites for hydroxylation is 1.